The molecule has 0 amide bonds. The maximum absolute atomic E-state index is 3.42. The van der Waals surface area contributed by atoms with Gasteiger partial charge in [-0.05, 0) is 69.9 Å². The maximum atomic E-state index is 3.42. The highest BCUT2D eigenvalue weighted by Crippen LogP contribution is 2.31. The van der Waals surface area contributed by atoms with Crippen LogP contribution in [0.5, 0.6) is 0 Å². The first-order chi connectivity index (χ1) is 11.4. The first kappa shape index (κ1) is 16.5. The quantitative estimate of drug-likeness (QED) is 0.850. The molecule has 2 aliphatic rings. The van der Waals surface area contributed by atoms with E-state index >= 15 is 0 Å². The van der Waals surface area contributed by atoms with Gasteiger partial charge < -0.3 is 10.2 Å². The SMILES string of the molecule is CNC1CCN(CCC(C2=CCCC=C2)c2ccccc2)CC1. The first-order valence-electron chi connectivity index (χ1n) is 9.18. The van der Waals surface area contributed by atoms with Crippen molar-refractivity contribution in [2.45, 2.75) is 44.1 Å². The Hall–Kier alpha value is -1.38. The standard InChI is InChI=1S/C21H30N2/c1-22-20-12-15-23(16-13-20)17-14-21(18-8-4-2-5-9-18)19-10-6-3-7-11-19/h2,4-6,8-11,20-22H,3,7,12-17H2,1H3. The molecule has 1 aromatic carbocycles. The van der Waals surface area contributed by atoms with Crippen LogP contribution in [0.4, 0.5) is 0 Å². The van der Waals surface area contributed by atoms with E-state index in [1.807, 2.05) is 0 Å². The number of allylic oxidation sites excluding steroid dienone is 4. The fraction of sp³-hybridized carbons (Fsp3) is 0.524. The molecular weight excluding hydrogens is 280 g/mol. The summed E-state index contributed by atoms with van der Waals surface area (Å²) in [5.74, 6) is 0.551. The molecule has 3 rings (SSSR count). The summed E-state index contributed by atoms with van der Waals surface area (Å²) in [7, 11) is 2.09. The molecule has 1 unspecified atom stereocenters. The van der Waals surface area contributed by atoms with E-state index < -0.39 is 0 Å². The summed E-state index contributed by atoms with van der Waals surface area (Å²) in [6, 6.07) is 11.8. The summed E-state index contributed by atoms with van der Waals surface area (Å²) in [6.07, 6.45) is 13.3. The van der Waals surface area contributed by atoms with Crippen LogP contribution in [0, 0.1) is 0 Å². The van der Waals surface area contributed by atoms with Crippen molar-refractivity contribution < 1.29 is 0 Å². The molecule has 124 valence electrons. The average molecular weight is 310 g/mol. The summed E-state index contributed by atoms with van der Waals surface area (Å²) in [6.45, 7) is 3.69. The van der Waals surface area contributed by atoms with Crippen LogP contribution in [0.1, 0.15) is 43.6 Å². The molecule has 1 aromatic rings. The molecule has 1 atom stereocenters. The van der Waals surface area contributed by atoms with E-state index in [2.05, 4.69) is 65.8 Å². The van der Waals surface area contributed by atoms with Gasteiger partial charge in [-0.15, -0.1) is 0 Å². The van der Waals surface area contributed by atoms with E-state index in [0.29, 0.717) is 5.92 Å². The Bertz CT molecular complexity index is 524. The van der Waals surface area contributed by atoms with Crippen LogP contribution in [0.15, 0.2) is 54.1 Å². The molecule has 1 aliphatic carbocycles. The Morgan fingerprint density at radius 3 is 2.57 bits per heavy atom. The van der Waals surface area contributed by atoms with Crippen molar-refractivity contribution in [3.8, 4) is 0 Å². The van der Waals surface area contributed by atoms with Crippen molar-refractivity contribution in [3.05, 3.63) is 59.7 Å². The van der Waals surface area contributed by atoms with Gasteiger partial charge in [-0.3, -0.25) is 0 Å². The van der Waals surface area contributed by atoms with Gasteiger partial charge in [0.05, 0.1) is 0 Å². The number of nitrogens with one attached hydrogen (secondary N) is 1. The second-order valence-corrected chi connectivity index (χ2v) is 6.84. The van der Waals surface area contributed by atoms with Crippen molar-refractivity contribution >= 4 is 0 Å². The van der Waals surface area contributed by atoms with Crippen LogP contribution in [-0.2, 0) is 0 Å². The van der Waals surface area contributed by atoms with Gasteiger partial charge in [0.2, 0.25) is 0 Å². The zero-order valence-electron chi connectivity index (χ0n) is 14.4. The van der Waals surface area contributed by atoms with Crippen LogP contribution >= 0.6 is 0 Å². The van der Waals surface area contributed by atoms with Gasteiger partial charge in [-0.25, -0.2) is 0 Å². The lowest BCUT2D eigenvalue weighted by Crippen LogP contribution is -2.41. The lowest BCUT2D eigenvalue weighted by atomic mass is 9.85. The largest absolute Gasteiger partial charge is 0.317 e. The first-order valence-corrected chi connectivity index (χ1v) is 9.18. The monoisotopic (exact) mass is 310 g/mol. The lowest BCUT2D eigenvalue weighted by molar-refractivity contribution is 0.197. The van der Waals surface area contributed by atoms with Crippen molar-refractivity contribution in [2.24, 2.45) is 0 Å². The minimum absolute atomic E-state index is 0.551. The maximum Gasteiger partial charge on any atom is 0.00982 e. The summed E-state index contributed by atoms with van der Waals surface area (Å²) in [4.78, 5) is 2.65. The third-order valence-corrected chi connectivity index (χ3v) is 5.36. The minimum atomic E-state index is 0.551. The van der Waals surface area contributed by atoms with Gasteiger partial charge in [0, 0.05) is 12.0 Å². The van der Waals surface area contributed by atoms with Crippen LogP contribution < -0.4 is 5.32 Å². The zero-order chi connectivity index (χ0) is 15.9. The molecule has 2 heteroatoms. The molecule has 0 spiro atoms. The Labute approximate surface area is 141 Å². The molecule has 0 aromatic heterocycles. The Morgan fingerprint density at radius 1 is 1.13 bits per heavy atom. The van der Waals surface area contributed by atoms with Gasteiger partial charge in [0.1, 0.15) is 0 Å². The zero-order valence-corrected chi connectivity index (χ0v) is 14.4. The number of benzene rings is 1. The Morgan fingerprint density at radius 2 is 1.91 bits per heavy atom. The molecule has 1 saturated heterocycles. The predicted molar refractivity (Wildman–Crippen MR) is 98.8 cm³/mol. The van der Waals surface area contributed by atoms with Crippen molar-refractivity contribution in [1.29, 1.82) is 0 Å². The average Bonchev–Trinajstić information content (AvgIpc) is 2.64. The molecule has 2 nitrogen and oxygen atoms in total. The van der Waals surface area contributed by atoms with Crippen molar-refractivity contribution in [1.82, 2.24) is 10.2 Å². The summed E-state index contributed by atoms with van der Waals surface area (Å²) < 4.78 is 0. The highest BCUT2D eigenvalue weighted by atomic mass is 15.1. The van der Waals surface area contributed by atoms with Crippen molar-refractivity contribution in [3.63, 3.8) is 0 Å². The Kier molecular flexibility index (Phi) is 6.06. The van der Waals surface area contributed by atoms with E-state index in [-0.39, 0.29) is 0 Å². The van der Waals surface area contributed by atoms with Crippen LogP contribution in [0.3, 0.4) is 0 Å². The fourth-order valence-corrected chi connectivity index (χ4v) is 3.86. The molecular formula is C21H30N2. The Balaban J connectivity index is 1.63. The second kappa shape index (κ2) is 8.47. The lowest BCUT2D eigenvalue weighted by Gasteiger charge is -2.33. The van der Waals surface area contributed by atoms with Gasteiger partial charge in [0.25, 0.3) is 0 Å². The van der Waals surface area contributed by atoms with E-state index in [0.717, 1.165) is 6.04 Å². The topological polar surface area (TPSA) is 15.3 Å². The van der Waals surface area contributed by atoms with Crippen LogP contribution in [-0.4, -0.2) is 37.6 Å². The second-order valence-electron chi connectivity index (χ2n) is 6.84. The van der Waals surface area contributed by atoms with E-state index in [1.54, 1.807) is 0 Å². The fourth-order valence-electron chi connectivity index (χ4n) is 3.86. The molecule has 1 aliphatic heterocycles. The molecule has 23 heavy (non-hydrogen) atoms. The normalized spacial score (nSPS) is 21.2. The van der Waals surface area contributed by atoms with Gasteiger partial charge in [-0.2, -0.15) is 0 Å². The van der Waals surface area contributed by atoms with Gasteiger partial charge >= 0.3 is 0 Å². The highest BCUT2D eigenvalue weighted by Gasteiger charge is 2.21. The highest BCUT2D eigenvalue weighted by molar-refractivity contribution is 5.36. The van der Waals surface area contributed by atoms with Crippen LogP contribution in [0.2, 0.25) is 0 Å². The van der Waals surface area contributed by atoms with E-state index in [1.165, 1.54) is 62.9 Å². The van der Waals surface area contributed by atoms with E-state index in [9.17, 15) is 0 Å². The molecule has 1 heterocycles. The predicted octanol–water partition coefficient (Wildman–Crippen LogP) is 4.12. The number of piperidine rings is 1. The third kappa shape index (κ3) is 4.55. The van der Waals surface area contributed by atoms with Gasteiger partial charge in [-0.1, -0.05) is 48.6 Å². The number of hydrogen-bond acceptors (Lipinski definition) is 2. The number of rotatable bonds is 6. The number of nitrogens with zero attached hydrogens (tertiary/aromatic N) is 1. The molecule has 0 radical (unpaired) electrons. The number of hydrogen-bond donors (Lipinski definition) is 1. The van der Waals surface area contributed by atoms with Gasteiger partial charge in [0.15, 0.2) is 0 Å². The van der Waals surface area contributed by atoms with Crippen molar-refractivity contribution in [2.75, 3.05) is 26.7 Å². The van der Waals surface area contributed by atoms with Crippen LogP contribution in [0.25, 0.3) is 0 Å². The smallest absolute Gasteiger partial charge is 0.00982 e. The van der Waals surface area contributed by atoms with E-state index in [4.69, 9.17) is 0 Å². The minimum Gasteiger partial charge on any atom is -0.317 e. The molecule has 1 N–H and O–H groups in total. The summed E-state index contributed by atoms with van der Waals surface area (Å²) >= 11 is 0. The third-order valence-electron chi connectivity index (χ3n) is 5.36. The number of likely N-dealkylation sites (tertiary alicyclic amines) is 1. The molecule has 1 fully saturated rings. The summed E-state index contributed by atoms with van der Waals surface area (Å²) in [5, 5.41) is 3.42. The molecule has 0 bridgehead atoms. The molecule has 0 saturated carbocycles. The summed E-state index contributed by atoms with van der Waals surface area (Å²) in [5.41, 5.74) is 2.99.